The molecule has 1 saturated heterocycles. The highest BCUT2D eigenvalue weighted by atomic mass is 35.5. The molecule has 0 atom stereocenters. The lowest BCUT2D eigenvalue weighted by atomic mass is 10.1. The van der Waals surface area contributed by atoms with Crippen LogP contribution in [-0.2, 0) is 10.0 Å². The Balaban J connectivity index is 1.49. The predicted molar refractivity (Wildman–Crippen MR) is 113 cm³/mol. The van der Waals surface area contributed by atoms with Gasteiger partial charge in [-0.25, -0.2) is 12.8 Å². The Bertz CT molecular complexity index is 1290. The van der Waals surface area contributed by atoms with Crippen LogP contribution in [0.3, 0.4) is 0 Å². The standard InChI is InChI=1S/C18H17ClFN5O3S2/c1-8-9(2)23-24-18-13(8)15(21)16(29-18)17(26)22-10-6-25(7-10)30(27,28)12-5-3-4-11(19)14(12)20/h3-5,10H,6-7,21H2,1-2H3,(H,22,26). The maximum atomic E-state index is 14.1. The molecule has 1 aliphatic rings. The summed E-state index contributed by atoms with van der Waals surface area (Å²) in [5.41, 5.74) is 8.08. The minimum absolute atomic E-state index is 0.0166. The van der Waals surface area contributed by atoms with E-state index in [0.717, 1.165) is 33.0 Å². The van der Waals surface area contributed by atoms with E-state index in [4.69, 9.17) is 17.3 Å². The van der Waals surface area contributed by atoms with Crippen molar-refractivity contribution in [2.75, 3.05) is 18.8 Å². The molecular formula is C18H17ClFN5O3S2. The van der Waals surface area contributed by atoms with Crippen molar-refractivity contribution in [3.05, 3.63) is 45.2 Å². The van der Waals surface area contributed by atoms with Crippen LogP contribution in [0.25, 0.3) is 10.2 Å². The number of amides is 1. The fraction of sp³-hybridized carbons (Fsp3) is 0.278. The number of sulfonamides is 1. The number of halogens is 2. The number of rotatable bonds is 4. The van der Waals surface area contributed by atoms with Crippen molar-refractivity contribution in [1.82, 2.24) is 19.8 Å². The summed E-state index contributed by atoms with van der Waals surface area (Å²) >= 11 is 6.82. The van der Waals surface area contributed by atoms with Crippen LogP contribution in [0.4, 0.5) is 10.1 Å². The first-order valence-electron chi connectivity index (χ1n) is 8.88. The molecule has 0 aliphatic carbocycles. The maximum Gasteiger partial charge on any atom is 0.263 e. The Morgan fingerprint density at radius 3 is 2.73 bits per heavy atom. The zero-order valence-electron chi connectivity index (χ0n) is 15.9. The van der Waals surface area contributed by atoms with Crippen LogP contribution in [0.5, 0.6) is 0 Å². The highest BCUT2D eigenvalue weighted by Gasteiger charge is 2.39. The third-order valence-corrected chi connectivity index (χ3v) is 8.29. The molecule has 4 rings (SSSR count). The molecule has 3 N–H and O–H groups in total. The van der Waals surface area contributed by atoms with Crippen LogP contribution in [0, 0.1) is 19.7 Å². The number of anilines is 1. The number of thiophene rings is 1. The van der Waals surface area contributed by atoms with Crippen molar-refractivity contribution >= 4 is 54.8 Å². The van der Waals surface area contributed by atoms with E-state index >= 15 is 0 Å². The highest BCUT2D eigenvalue weighted by molar-refractivity contribution is 7.89. The van der Waals surface area contributed by atoms with Gasteiger partial charge in [-0.15, -0.1) is 16.4 Å². The van der Waals surface area contributed by atoms with Crippen molar-refractivity contribution in [3.8, 4) is 0 Å². The second-order valence-corrected chi connectivity index (χ2v) is 10.3. The van der Waals surface area contributed by atoms with Crippen LogP contribution in [0.2, 0.25) is 5.02 Å². The molecule has 8 nitrogen and oxygen atoms in total. The lowest BCUT2D eigenvalue weighted by Crippen LogP contribution is -2.60. The van der Waals surface area contributed by atoms with E-state index in [-0.39, 0.29) is 18.1 Å². The topological polar surface area (TPSA) is 118 Å². The summed E-state index contributed by atoms with van der Waals surface area (Å²) in [5, 5.41) is 11.3. The van der Waals surface area contributed by atoms with Gasteiger partial charge in [-0.3, -0.25) is 4.79 Å². The number of nitrogens with two attached hydrogens (primary N) is 1. The number of nitrogens with one attached hydrogen (secondary N) is 1. The molecule has 1 aromatic carbocycles. The molecule has 0 saturated carbocycles. The number of benzene rings is 1. The van der Waals surface area contributed by atoms with Crippen LogP contribution < -0.4 is 11.1 Å². The van der Waals surface area contributed by atoms with Gasteiger partial charge >= 0.3 is 0 Å². The largest absolute Gasteiger partial charge is 0.397 e. The quantitative estimate of drug-likeness (QED) is 0.606. The molecule has 3 heterocycles. The molecule has 3 aromatic rings. The lowest BCUT2D eigenvalue weighted by molar-refractivity contribution is 0.0900. The zero-order chi connectivity index (χ0) is 21.8. The van der Waals surface area contributed by atoms with Crippen molar-refractivity contribution in [3.63, 3.8) is 0 Å². The Morgan fingerprint density at radius 2 is 2.03 bits per heavy atom. The molecule has 1 aliphatic heterocycles. The van der Waals surface area contributed by atoms with E-state index in [1.54, 1.807) is 0 Å². The summed E-state index contributed by atoms with van der Waals surface area (Å²) in [5.74, 6) is -1.40. The van der Waals surface area contributed by atoms with Crippen molar-refractivity contribution in [2.45, 2.75) is 24.8 Å². The Morgan fingerprint density at radius 1 is 1.33 bits per heavy atom. The van der Waals surface area contributed by atoms with Crippen LogP contribution in [0.1, 0.15) is 20.9 Å². The fourth-order valence-corrected chi connectivity index (χ4v) is 6.06. The molecule has 0 radical (unpaired) electrons. The monoisotopic (exact) mass is 469 g/mol. The predicted octanol–water partition coefficient (Wildman–Crippen LogP) is 2.49. The van der Waals surface area contributed by atoms with Gasteiger partial charge in [0.05, 0.1) is 22.4 Å². The van der Waals surface area contributed by atoms with Crippen LogP contribution in [0.15, 0.2) is 23.1 Å². The average molecular weight is 470 g/mol. The molecule has 0 spiro atoms. The number of hydrogen-bond donors (Lipinski definition) is 2. The fourth-order valence-electron chi connectivity index (χ4n) is 3.21. The van der Waals surface area contributed by atoms with Gasteiger partial charge < -0.3 is 11.1 Å². The second kappa shape index (κ2) is 7.41. The molecule has 158 valence electrons. The molecule has 2 aromatic heterocycles. The molecule has 0 bridgehead atoms. The number of nitrogen functional groups attached to an aromatic ring is 1. The number of hydrogen-bond acceptors (Lipinski definition) is 7. The number of aromatic nitrogens is 2. The summed E-state index contributed by atoms with van der Waals surface area (Å²) in [6, 6.07) is 3.38. The van der Waals surface area contributed by atoms with E-state index in [2.05, 4.69) is 15.5 Å². The molecule has 0 unspecified atom stereocenters. The van der Waals surface area contributed by atoms with Gasteiger partial charge in [0, 0.05) is 18.5 Å². The minimum atomic E-state index is -4.05. The van der Waals surface area contributed by atoms with Crippen molar-refractivity contribution < 1.29 is 17.6 Å². The van der Waals surface area contributed by atoms with Gasteiger partial charge in [-0.05, 0) is 31.5 Å². The third kappa shape index (κ3) is 3.31. The van der Waals surface area contributed by atoms with Gasteiger partial charge in [0.2, 0.25) is 10.0 Å². The summed E-state index contributed by atoms with van der Waals surface area (Å²) < 4.78 is 40.4. The highest BCUT2D eigenvalue weighted by Crippen LogP contribution is 2.35. The van der Waals surface area contributed by atoms with Gasteiger partial charge in [0.25, 0.3) is 5.91 Å². The number of carbonyl (C=O) groups excluding carboxylic acids is 1. The first-order valence-corrected chi connectivity index (χ1v) is 11.5. The minimum Gasteiger partial charge on any atom is -0.397 e. The van der Waals surface area contributed by atoms with E-state index in [1.165, 1.54) is 12.1 Å². The normalized spacial score (nSPS) is 15.3. The van der Waals surface area contributed by atoms with E-state index in [0.29, 0.717) is 20.8 Å². The van der Waals surface area contributed by atoms with Crippen LogP contribution in [-0.4, -0.2) is 48.0 Å². The summed E-state index contributed by atoms with van der Waals surface area (Å²) in [6.45, 7) is 3.71. The van der Waals surface area contributed by atoms with Crippen molar-refractivity contribution in [2.24, 2.45) is 0 Å². The molecular weight excluding hydrogens is 453 g/mol. The molecule has 1 amide bonds. The maximum absolute atomic E-state index is 14.1. The summed E-state index contributed by atoms with van der Waals surface area (Å²) in [7, 11) is -4.05. The number of fused-ring (bicyclic) bond motifs is 1. The number of carbonyl (C=O) groups is 1. The van der Waals surface area contributed by atoms with Gasteiger partial charge in [-0.1, -0.05) is 17.7 Å². The Hall–Kier alpha value is -2.34. The lowest BCUT2D eigenvalue weighted by Gasteiger charge is -2.38. The Labute approximate surface area is 180 Å². The average Bonchev–Trinajstić information content (AvgIpc) is 3.00. The van der Waals surface area contributed by atoms with Gasteiger partial charge in [-0.2, -0.15) is 9.40 Å². The summed E-state index contributed by atoms with van der Waals surface area (Å²) in [4.78, 5) is 13.1. The molecule has 1 fully saturated rings. The molecule has 30 heavy (non-hydrogen) atoms. The zero-order valence-corrected chi connectivity index (χ0v) is 18.3. The number of aryl methyl sites for hydroxylation is 2. The van der Waals surface area contributed by atoms with E-state index in [9.17, 15) is 17.6 Å². The smallest absolute Gasteiger partial charge is 0.263 e. The first-order chi connectivity index (χ1) is 14.1. The van der Waals surface area contributed by atoms with Crippen molar-refractivity contribution in [1.29, 1.82) is 0 Å². The third-order valence-electron chi connectivity index (χ3n) is 5.06. The van der Waals surface area contributed by atoms with Gasteiger partial charge in [0.1, 0.15) is 14.6 Å². The van der Waals surface area contributed by atoms with Gasteiger partial charge in [0.15, 0.2) is 5.82 Å². The number of nitrogens with zero attached hydrogens (tertiary/aromatic N) is 3. The van der Waals surface area contributed by atoms with Crippen LogP contribution >= 0.6 is 22.9 Å². The molecule has 12 heteroatoms. The SMILES string of the molecule is Cc1nnc2sc(C(=O)NC3CN(S(=O)(=O)c4cccc(Cl)c4F)C3)c(N)c2c1C. The summed E-state index contributed by atoms with van der Waals surface area (Å²) in [6.07, 6.45) is 0. The van der Waals surface area contributed by atoms with E-state index in [1.807, 2.05) is 13.8 Å². The second-order valence-electron chi connectivity index (χ2n) is 6.98. The Kier molecular flexibility index (Phi) is 5.17. The first kappa shape index (κ1) is 20.9. The van der Waals surface area contributed by atoms with E-state index < -0.39 is 32.7 Å².